The van der Waals surface area contributed by atoms with Crippen LogP contribution in [-0.4, -0.2) is 62.8 Å². The number of aromatic nitrogens is 2. The first kappa shape index (κ1) is 23.5. The zero-order chi connectivity index (χ0) is 24.5. The van der Waals surface area contributed by atoms with Crippen molar-refractivity contribution in [3.8, 4) is 28.4 Å². The normalized spacial score (nSPS) is 15.9. The van der Waals surface area contributed by atoms with E-state index in [4.69, 9.17) is 4.74 Å². The second-order valence-electron chi connectivity index (χ2n) is 7.24. The summed E-state index contributed by atoms with van der Waals surface area (Å²) in [5.74, 6) is -0.978. The van der Waals surface area contributed by atoms with Gasteiger partial charge in [-0.15, -0.1) is 24.9 Å². The van der Waals surface area contributed by atoms with E-state index in [0.29, 0.717) is 11.4 Å². The number of esters is 1. The SMILES string of the molecule is COC(=O)C1CSCN1C(=O)c1cc(-c2cccc(OC(F)(F)F)c2)n(-c2cccc(O)c2)n1. The maximum Gasteiger partial charge on any atom is 0.573 e. The first-order valence-corrected chi connectivity index (χ1v) is 11.0. The Balaban J connectivity index is 1.78. The summed E-state index contributed by atoms with van der Waals surface area (Å²) in [6.45, 7) is 0. The fraction of sp³-hybridized carbons (Fsp3) is 0.227. The Morgan fingerprint density at radius 3 is 2.62 bits per heavy atom. The van der Waals surface area contributed by atoms with Crippen LogP contribution in [0.3, 0.4) is 0 Å². The maximum absolute atomic E-state index is 13.2. The molecule has 12 heteroatoms. The predicted octanol–water partition coefficient (Wildman–Crippen LogP) is 3.83. The van der Waals surface area contributed by atoms with Crippen molar-refractivity contribution >= 4 is 23.6 Å². The smallest absolute Gasteiger partial charge is 0.508 e. The molecule has 4 rings (SSSR count). The van der Waals surface area contributed by atoms with Gasteiger partial charge < -0.3 is 19.5 Å². The number of carbonyl (C=O) groups excluding carboxylic acids is 2. The van der Waals surface area contributed by atoms with Crippen molar-refractivity contribution in [3.05, 3.63) is 60.3 Å². The standard InChI is InChI=1S/C22H18F3N3O5S/c1-32-21(31)19-11-34-12-27(19)20(30)17-10-18(28(26-17)14-5-3-6-15(29)9-14)13-4-2-7-16(8-13)33-22(23,24)25/h2-10,19,29H,11-12H2,1H3. The molecular formula is C22H18F3N3O5S. The Morgan fingerprint density at radius 2 is 1.91 bits per heavy atom. The molecule has 0 spiro atoms. The fourth-order valence-corrected chi connectivity index (χ4v) is 4.63. The molecule has 1 aliphatic rings. The number of hydrogen-bond acceptors (Lipinski definition) is 7. The number of halogens is 3. The summed E-state index contributed by atoms with van der Waals surface area (Å²) in [6.07, 6.45) is -4.87. The van der Waals surface area contributed by atoms with E-state index >= 15 is 0 Å². The van der Waals surface area contributed by atoms with Crippen LogP contribution >= 0.6 is 11.8 Å². The number of hydrogen-bond donors (Lipinski definition) is 1. The number of aromatic hydroxyl groups is 1. The summed E-state index contributed by atoms with van der Waals surface area (Å²) >= 11 is 1.38. The number of amides is 1. The topological polar surface area (TPSA) is 93.9 Å². The Labute approximate surface area is 195 Å². The van der Waals surface area contributed by atoms with Crippen LogP contribution in [-0.2, 0) is 9.53 Å². The van der Waals surface area contributed by atoms with Crippen LogP contribution in [0.4, 0.5) is 13.2 Å². The van der Waals surface area contributed by atoms with Gasteiger partial charge in [-0.25, -0.2) is 9.48 Å². The van der Waals surface area contributed by atoms with Crippen LogP contribution < -0.4 is 4.74 Å². The molecule has 0 bridgehead atoms. The van der Waals surface area contributed by atoms with Gasteiger partial charge in [-0.05, 0) is 30.3 Å². The van der Waals surface area contributed by atoms with Gasteiger partial charge >= 0.3 is 12.3 Å². The summed E-state index contributed by atoms with van der Waals surface area (Å²) in [5, 5.41) is 14.3. The van der Waals surface area contributed by atoms with Crippen molar-refractivity contribution in [3.63, 3.8) is 0 Å². The van der Waals surface area contributed by atoms with Gasteiger partial charge in [0, 0.05) is 17.4 Å². The molecule has 1 aliphatic heterocycles. The molecule has 1 fully saturated rings. The van der Waals surface area contributed by atoms with Gasteiger partial charge in [0.15, 0.2) is 5.69 Å². The highest BCUT2D eigenvalue weighted by Gasteiger charge is 2.37. The molecule has 1 unspecified atom stereocenters. The summed E-state index contributed by atoms with van der Waals surface area (Å²) in [5.41, 5.74) is 0.911. The Hall–Kier alpha value is -3.67. The van der Waals surface area contributed by atoms with E-state index in [9.17, 15) is 27.9 Å². The molecule has 2 aromatic carbocycles. The van der Waals surface area contributed by atoms with Crippen LogP contribution in [0.25, 0.3) is 16.9 Å². The van der Waals surface area contributed by atoms with Gasteiger partial charge in [0.2, 0.25) is 0 Å². The summed E-state index contributed by atoms with van der Waals surface area (Å²) in [7, 11) is 1.23. The number of alkyl halides is 3. The minimum absolute atomic E-state index is 0.0307. The third kappa shape index (κ3) is 4.96. The van der Waals surface area contributed by atoms with Crippen molar-refractivity contribution in [1.82, 2.24) is 14.7 Å². The lowest BCUT2D eigenvalue weighted by Crippen LogP contribution is -2.42. The number of ether oxygens (including phenoxy) is 2. The van der Waals surface area contributed by atoms with Gasteiger partial charge in [0.05, 0.1) is 24.4 Å². The minimum Gasteiger partial charge on any atom is -0.508 e. The Kier molecular flexibility index (Phi) is 6.42. The molecule has 2 heterocycles. The quantitative estimate of drug-likeness (QED) is 0.540. The summed E-state index contributed by atoms with van der Waals surface area (Å²) < 4.78 is 48.3. The average Bonchev–Trinajstić information content (AvgIpc) is 3.45. The molecule has 1 amide bonds. The lowest BCUT2D eigenvalue weighted by Gasteiger charge is -2.20. The highest BCUT2D eigenvalue weighted by Crippen LogP contribution is 2.32. The molecule has 1 aromatic heterocycles. The molecule has 0 aliphatic carbocycles. The second-order valence-corrected chi connectivity index (χ2v) is 8.24. The van der Waals surface area contributed by atoms with Gasteiger partial charge in [-0.2, -0.15) is 5.10 Å². The molecule has 1 N–H and O–H groups in total. The van der Waals surface area contributed by atoms with Gasteiger partial charge in [-0.3, -0.25) is 4.79 Å². The minimum atomic E-state index is -4.87. The maximum atomic E-state index is 13.2. The molecular weight excluding hydrogens is 475 g/mol. The molecule has 8 nitrogen and oxygen atoms in total. The Bertz CT molecular complexity index is 1230. The zero-order valence-electron chi connectivity index (χ0n) is 17.7. The molecule has 1 saturated heterocycles. The van der Waals surface area contributed by atoms with Crippen molar-refractivity contribution in [2.75, 3.05) is 18.7 Å². The van der Waals surface area contributed by atoms with Crippen LogP contribution in [0.15, 0.2) is 54.6 Å². The number of benzene rings is 2. The first-order valence-electron chi connectivity index (χ1n) is 9.88. The number of phenols is 1. The third-order valence-corrected chi connectivity index (χ3v) is 5.99. The zero-order valence-corrected chi connectivity index (χ0v) is 18.5. The van der Waals surface area contributed by atoms with Gasteiger partial charge in [-0.1, -0.05) is 18.2 Å². The predicted molar refractivity (Wildman–Crippen MR) is 117 cm³/mol. The highest BCUT2D eigenvalue weighted by atomic mass is 32.2. The molecule has 34 heavy (non-hydrogen) atoms. The average molecular weight is 493 g/mol. The number of carbonyl (C=O) groups is 2. The van der Waals surface area contributed by atoms with Gasteiger partial charge in [0.25, 0.3) is 5.91 Å². The fourth-order valence-electron chi connectivity index (χ4n) is 3.49. The van der Waals surface area contributed by atoms with Crippen LogP contribution in [0.2, 0.25) is 0 Å². The van der Waals surface area contributed by atoms with Crippen molar-refractivity contribution in [2.45, 2.75) is 12.4 Å². The number of thioether (sulfide) groups is 1. The molecule has 0 saturated carbocycles. The van der Waals surface area contributed by atoms with E-state index in [2.05, 4.69) is 9.84 Å². The monoisotopic (exact) mass is 493 g/mol. The van der Waals surface area contributed by atoms with Crippen molar-refractivity contribution < 1.29 is 37.3 Å². The molecule has 3 aromatic rings. The highest BCUT2D eigenvalue weighted by molar-refractivity contribution is 7.99. The molecule has 0 radical (unpaired) electrons. The largest absolute Gasteiger partial charge is 0.573 e. The lowest BCUT2D eigenvalue weighted by molar-refractivity contribution is -0.274. The van der Waals surface area contributed by atoms with E-state index in [1.165, 1.54) is 64.9 Å². The number of phenolic OH excluding ortho intramolecular Hbond substituents is 1. The van der Waals surface area contributed by atoms with E-state index in [1.807, 2.05) is 0 Å². The summed E-state index contributed by atoms with van der Waals surface area (Å²) in [4.78, 5) is 26.6. The Morgan fingerprint density at radius 1 is 1.15 bits per heavy atom. The van der Waals surface area contributed by atoms with Crippen molar-refractivity contribution in [2.24, 2.45) is 0 Å². The molecule has 178 valence electrons. The van der Waals surface area contributed by atoms with E-state index in [1.54, 1.807) is 12.1 Å². The molecule has 1 atom stereocenters. The van der Waals surface area contributed by atoms with Crippen LogP contribution in [0.1, 0.15) is 10.5 Å². The van der Waals surface area contributed by atoms with E-state index < -0.39 is 30.0 Å². The number of nitrogens with zero attached hydrogens (tertiary/aromatic N) is 3. The second kappa shape index (κ2) is 9.29. The third-order valence-electron chi connectivity index (χ3n) is 4.98. The number of rotatable bonds is 5. The van der Waals surface area contributed by atoms with Gasteiger partial charge in [0.1, 0.15) is 17.5 Å². The van der Waals surface area contributed by atoms with E-state index in [-0.39, 0.29) is 28.6 Å². The number of methoxy groups -OCH3 is 1. The van der Waals surface area contributed by atoms with Crippen LogP contribution in [0, 0.1) is 0 Å². The van der Waals surface area contributed by atoms with Crippen molar-refractivity contribution in [1.29, 1.82) is 0 Å². The van der Waals surface area contributed by atoms with Crippen LogP contribution in [0.5, 0.6) is 11.5 Å². The summed E-state index contributed by atoms with van der Waals surface area (Å²) in [6, 6.07) is 11.9. The van der Waals surface area contributed by atoms with E-state index in [0.717, 1.165) is 6.07 Å². The lowest BCUT2D eigenvalue weighted by atomic mass is 10.1. The first-order chi connectivity index (χ1) is 16.2.